The molecule has 0 bridgehead atoms. The van der Waals surface area contributed by atoms with Crippen LogP contribution in [-0.4, -0.2) is 20.2 Å². The Morgan fingerprint density at radius 2 is 2.06 bits per heavy atom. The van der Waals surface area contributed by atoms with Crippen molar-refractivity contribution in [3.8, 4) is 0 Å². The minimum Gasteiger partial charge on any atom is -0.303 e. The average molecular weight is 219 g/mol. The molecule has 0 aliphatic carbocycles. The first-order valence-corrected chi connectivity index (χ1v) is 5.55. The van der Waals surface area contributed by atoms with Crippen molar-refractivity contribution in [2.45, 2.75) is 34.1 Å². The first kappa shape index (κ1) is 12.4. The Morgan fingerprint density at radius 1 is 1.38 bits per heavy atom. The lowest BCUT2D eigenvalue weighted by Crippen LogP contribution is -1.95. The van der Waals surface area contributed by atoms with Crippen molar-refractivity contribution >= 4 is 11.4 Å². The Hall–Kier alpha value is -1.71. The maximum absolute atomic E-state index is 11.4. The maximum Gasteiger partial charge on any atom is 0.182 e. The first-order valence-electron chi connectivity index (χ1n) is 5.55. The van der Waals surface area contributed by atoms with E-state index in [0.29, 0.717) is 17.8 Å². The van der Waals surface area contributed by atoms with Crippen LogP contribution >= 0.6 is 0 Å². The summed E-state index contributed by atoms with van der Waals surface area (Å²) in [4.78, 5) is 19.7. The van der Waals surface area contributed by atoms with E-state index in [0.717, 1.165) is 5.69 Å². The van der Waals surface area contributed by atoms with Crippen molar-refractivity contribution in [1.82, 2.24) is 14.4 Å². The second-order valence-electron chi connectivity index (χ2n) is 3.20. The number of carbonyl (C=O) groups is 1. The summed E-state index contributed by atoms with van der Waals surface area (Å²) in [6, 6.07) is 0. The lowest BCUT2D eigenvalue weighted by atomic mass is 10.2. The van der Waals surface area contributed by atoms with Gasteiger partial charge in [-0.15, -0.1) is 0 Å². The standard InChI is InChI=1S/C10H11N3O.C2H6/c1-3-9(14)8-6-13-5-7(2)11-4-10(13)12-8;1-2/h4-6H,3H2,1-2H3;1-2H3. The normalized spacial score (nSPS) is 9.75. The Bertz CT molecular complexity index is 488. The lowest BCUT2D eigenvalue weighted by Gasteiger charge is -1.92. The molecule has 0 atom stereocenters. The Balaban J connectivity index is 0.000000606. The molecule has 0 saturated heterocycles. The van der Waals surface area contributed by atoms with E-state index in [4.69, 9.17) is 0 Å². The van der Waals surface area contributed by atoms with Crippen LogP contribution in [0.25, 0.3) is 5.65 Å². The molecule has 0 aromatic carbocycles. The molecule has 2 aromatic rings. The molecule has 0 amide bonds. The average Bonchev–Trinajstić information content (AvgIpc) is 2.73. The van der Waals surface area contributed by atoms with E-state index in [1.54, 1.807) is 12.4 Å². The van der Waals surface area contributed by atoms with Gasteiger partial charge in [0.15, 0.2) is 11.4 Å². The lowest BCUT2D eigenvalue weighted by molar-refractivity contribution is 0.0984. The van der Waals surface area contributed by atoms with Crippen molar-refractivity contribution in [2.75, 3.05) is 0 Å². The summed E-state index contributed by atoms with van der Waals surface area (Å²) < 4.78 is 1.82. The Labute approximate surface area is 95.3 Å². The molecule has 0 fully saturated rings. The van der Waals surface area contributed by atoms with Gasteiger partial charge in [-0.05, 0) is 6.92 Å². The van der Waals surface area contributed by atoms with Gasteiger partial charge in [0, 0.05) is 18.8 Å². The van der Waals surface area contributed by atoms with E-state index in [1.165, 1.54) is 0 Å². The number of Topliss-reactive ketones (excluding diaryl/α,β-unsaturated/α-hetero) is 1. The fraction of sp³-hybridized carbons (Fsp3) is 0.417. The van der Waals surface area contributed by atoms with Crippen LogP contribution < -0.4 is 0 Å². The third kappa shape index (κ3) is 2.45. The topological polar surface area (TPSA) is 47.3 Å². The molecule has 0 aliphatic rings. The second kappa shape index (κ2) is 5.39. The highest BCUT2D eigenvalue weighted by Crippen LogP contribution is 2.06. The van der Waals surface area contributed by atoms with Gasteiger partial charge in [0.2, 0.25) is 0 Å². The van der Waals surface area contributed by atoms with Crippen LogP contribution in [0.5, 0.6) is 0 Å². The molecule has 0 aliphatic heterocycles. The largest absolute Gasteiger partial charge is 0.303 e. The quantitative estimate of drug-likeness (QED) is 0.729. The van der Waals surface area contributed by atoms with Crippen molar-refractivity contribution in [1.29, 1.82) is 0 Å². The molecule has 2 aromatic heterocycles. The van der Waals surface area contributed by atoms with E-state index >= 15 is 0 Å². The Kier molecular flexibility index (Phi) is 4.17. The molecule has 0 radical (unpaired) electrons. The number of aromatic nitrogens is 3. The number of hydrogen-bond donors (Lipinski definition) is 0. The number of ketones is 1. The van der Waals surface area contributed by atoms with Crippen LogP contribution in [0, 0.1) is 6.92 Å². The van der Waals surface area contributed by atoms with Gasteiger partial charge in [0.25, 0.3) is 0 Å². The van der Waals surface area contributed by atoms with Gasteiger partial charge in [-0.25, -0.2) is 4.98 Å². The zero-order valence-electron chi connectivity index (χ0n) is 10.2. The third-order valence-electron chi connectivity index (χ3n) is 2.08. The molecule has 0 N–H and O–H groups in total. The maximum atomic E-state index is 11.4. The number of fused-ring (bicyclic) bond motifs is 1. The number of rotatable bonds is 2. The van der Waals surface area contributed by atoms with Gasteiger partial charge in [-0.2, -0.15) is 0 Å². The van der Waals surface area contributed by atoms with Gasteiger partial charge < -0.3 is 4.40 Å². The molecule has 4 heteroatoms. The first-order chi connectivity index (χ1) is 7.70. The second-order valence-corrected chi connectivity index (χ2v) is 3.20. The van der Waals surface area contributed by atoms with Crippen LogP contribution in [0.15, 0.2) is 18.6 Å². The highest BCUT2D eigenvalue weighted by Gasteiger charge is 2.08. The third-order valence-corrected chi connectivity index (χ3v) is 2.08. The zero-order chi connectivity index (χ0) is 12.1. The SMILES string of the molecule is CC.CCC(=O)c1cn2cc(C)ncc2n1. The predicted molar refractivity (Wildman–Crippen MR) is 63.7 cm³/mol. The van der Waals surface area contributed by atoms with Crippen molar-refractivity contribution in [3.63, 3.8) is 0 Å². The number of nitrogens with zero attached hydrogens (tertiary/aromatic N) is 3. The number of hydrogen-bond acceptors (Lipinski definition) is 3. The van der Waals surface area contributed by atoms with Gasteiger partial charge >= 0.3 is 0 Å². The van der Waals surface area contributed by atoms with Gasteiger partial charge in [0.05, 0.1) is 11.9 Å². The van der Waals surface area contributed by atoms with Gasteiger partial charge in [0.1, 0.15) is 5.69 Å². The van der Waals surface area contributed by atoms with Crippen LogP contribution in [0.2, 0.25) is 0 Å². The number of carbonyl (C=O) groups excluding carboxylic acids is 1. The summed E-state index contributed by atoms with van der Waals surface area (Å²) in [5, 5.41) is 0. The highest BCUT2D eigenvalue weighted by atomic mass is 16.1. The number of imidazole rings is 1. The van der Waals surface area contributed by atoms with Crippen LogP contribution in [0.1, 0.15) is 43.4 Å². The molecule has 16 heavy (non-hydrogen) atoms. The van der Waals surface area contributed by atoms with Crippen LogP contribution in [0.4, 0.5) is 0 Å². The fourth-order valence-corrected chi connectivity index (χ4v) is 1.32. The molecule has 86 valence electrons. The van der Waals surface area contributed by atoms with Crippen molar-refractivity contribution in [2.24, 2.45) is 0 Å². The molecular formula is C12H17N3O. The fourth-order valence-electron chi connectivity index (χ4n) is 1.32. The van der Waals surface area contributed by atoms with E-state index in [1.807, 2.05) is 38.3 Å². The van der Waals surface area contributed by atoms with Crippen molar-refractivity contribution < 1.29 is 4.79 Å². The van der Waals surface area contributed by atoms with Crippen LogP contribution in [-0.2, 0) is 0 Å². The molecule has 2 heterocycles. The Morgan fingerprint density at radius 3 is 2.69 bits per heavy atom. The summed E-state index contributed by atoms with van der Waals surface area (Å²) in [5.74, 6) is 0.0614. The van der Waals surface area contributed by atoms with E-state index in [9.17, 15) is 4.79 Å². The molecule has 0 unspecified atom stereocenters. The summed E-state index contributed by atoms with van der Waals surface area (Å²) in [7, 11) is 0. The zero-order valence-corrected chi connectivity index (χ0v) is 10.2. The van der Waals surface area contributed by atoms with E-state index in [2.05, 4.69) is 9.97 Å². The number of aryl methyl sites for hydroxylation is 1. The monoisotopic (exact) mass is 219 g/mol. The highest BCUT2D eigenvalue weighted by molar-refractivity contribution is 5.94. The minimum atomic E-state index is 0.0614. The molecule has 4 nitrogen and oxygen atoms in total. The molecular weight excluding hydrogens is 202 g/mol. The summed E-state index contributed by atoms with van der Waals surface area (Å²) in [6.07, 6.45) is 5.75. The minimum absolute atomic E-state index is 0.0614. The van der Waals surface area contributed by atoms with Crippen LogP contribution in [0.3, 0.4) is 0 Å². The summed E-state index contributed by atoms with van der Waals surface area (Å²) in [6.45, 7) is 7.73. The summed E-state index contributed by atoms with van der Waals surface area (Å²) in [5.41, 5.74) is 2.14. The van der Waals surface area contributed by atoms with E-state index in [-0.39, 0.29) is 5.78 Å². The van der Waals surface area contributed by atoms with Gasteiger partial charge in [-0.3, -0.25) is 9.78 Å². The predicted octanol–water partition coefficient (Wildman–Crippen LogP) is 2.66. The summed E-state index contributed by atoms with van der Waals surface area (Å²) >= 11 is 0. The molecule has 0 saturated carbocycles. The van der Waals surface area contributed by atoms with Gasteiger partial charge in [-0.1, -0.05) is 20.8 Å². The molecule has 0 spiro atoms. The smallest absolute Gasteiger partial charge is 0.182 e. The molecule has 2 rings (SSSR count). The van der Waals surface area contributed by atoms with E-state index < -0.39 is 0 Å². The van der Waals surface area contributed by atoms with Crippen molar-refractivity contribution in [3.05, 3.63) is 30.0 Å².